The average molecular weight is 438 g/mol. The van der Waals surface area contributed by atoms with E-state index in [2.05, 4.69) is 45.5 Å². The van der Waals surface area contributed by atoms with Crippen LogP contribution in [0.4, 0.5) is 5.82 Å². The van der Waals surface area contributed by atoms with Crippen LogP contribution in [0.25, 0.3) is 22.2 Å². The molecule has 3 N–H and O–H groups in total. The van der Waals surface area contributed by atoms with Crippen LogP contribution in [0.15, 0.2) is 60.9 Å². The van der Waals surface area contributed by atoms with Crippen LogP contribution < -0.4 is 15.8 Å². The van der Waals surface area contributed by atoms with E-state index in [9.17, 15) is 0 Å². The molecule has 1 atom stereocenters. The summed E-state index contributed by atoms with van der Waals surface area (Å²) >= 11 is 0. The van der Waals surface area contributed by atoms with E-state index in [1.807, 2.05) is 54.6 Å². The van der Waals surface area contributed by atoms with Crippen LogP contribution in [-0.4, -0.2) is 27.6 Å². The molecule has 0 spiro atoms. The van der Waals surface area contributed by atoms with Gasteiger partial charge in [0.15, 0.2) is 0 Å². The van der Waals surface area contributed by atoms with Gasteiger partial charge in [-0.1, -0.05) is 36.3 Å². The number of hydrogen-bond acceptors (Lipinski definition) is 5. The Balaban J connectivity index is 1.64. The topological polar surface area (TPSA) is 78.0 Å². The lowest BCUT2D eigenvalue weighted by Gasteiger charge is -2.12. The number of rotatable bonds is 4. The normalized spacial score (nSPS) is 15.5. The zero-order valence-corrected chi connectivity index (χ0v) is 18.9. The molecule has 4 aromatic rings. The molecule has 1 saturated heterocycles. The molecule has 3 heterocycles. The summed E-state index contributed by atoms with van der Waals surface area (Å²) in [4.78, 5) is 8.88. The largest absolute Gasteiger partial charge is 0.457 e. The zero-order valence-electron chi connectivity index (χ0n) is 18.9. The summed E-state index contributed by atoms with van der Waals surface area (Å²) in [6.07, 6.45) is 2.59. The molecule has 0 radical (unpaired) electrons. The molecule has 0 aliphatic carbocycles. The van der Waals surface area contributed by atoms with Crippen LogP contribution in [-0.2, 0) is 0 Å². The van der Waals surface area contributed by atoms with Gasteiger partial charge in [-0.3, -0.25) is 0 Å². The summed E-state index contributed by atoms with van der Waals surface area (Å²) in [5.41, 5.74) is 10.1. The standard InChI is InChI=1S/C27H27N5O/c1-18(2)32-23(13-8-19-14-15-29-16-19)24(25-26(28)30-17-31-27(25)32)20-9-11-22(12-10-20)33-21-6-4-3-5-7-21/h3-7,9-12,17-19,29H,14-16H2,1-2H3,(H2,28,30,31). The van der Waals surface area contributed by atoms with E-state index >= 15 is 0 Å². The maximum absolute atomic E-state index is 6.38. The van der Waals surface area contributed by atoms with E-state index in [1.165, 1.54) is 6.33 Å². The van der Waals surface area contributed by atoms with Crippen LogP contribution in [0, 0.1) is 17.8 Å². The van der Waals surface area contributed by atoms with E-state index < -0.39 is 0 Å². The van der Waals surface area contributed by atoms with Gasteiger partial charge < -0.3 is 20.4 Å². The van der Waals surface area contributed by atoms with Gasteiger partial charge in [0, 0.05) is 24.1 Å². The number of benzene rings is 2. The first-order valence-electron chi connectivity index (χ1n) is 11.3. The molecule has 166 valence electrons. The van der Waals surface area contributed by atoms with Crippen molar-refractivity contribution in [2.75, 3.05) is 18.8 Å². The van der Waals surface area contributed by atoms with Crippen molar-refractivity contribution in [3.8, 4) is 34.5 Å². The Hall–Kier alpha value is -3.82. The second kappa shape index (κ2) is 8.97. The van der Waals surface area contributed by atoms with E-state index in [4.69, 9.17) is 10.5 Å². The van der Waals surface area contributed by atoms with Gasteiger partial charge in [0.25, 0.3) is 0 Å². The van der Waals surface area contributed by atoms with Gasteiger partial charge in [-0.2, -0.15) is 0 Å². The van der Waals surface area contributed by atoms with E-state index in [0.717, 1.165) is 58.9 Å². The monoisotopic (exact) mass is 437 g/mol. The molecule has 2 aromatic heterocycles. The van der Waals surface area contributed by atoms with Crippen molar-refractivity contribution in [3.05, 3.63) is 66.6 Å². The third-order valence-corrected chi connectivity index (χ3v) is 5.91. The molecule has 2 aromatic carbocycles. The summed E-state index contributed by atoms with van der Waals surface area (Å²) in [5.74, 6) is 9.36. The number of nitrogen functional groups attached to an aromatic ring is 1. The van der Waals surface area contributed by atoms with Crippen molar-refractivity contribution in [3.63, 3.8) is 0 Å². The molecular formula is C27H27N5O. The number of ether oxygens (including phenoxy) is 1. The van der Waals surface area contributed by atoms with Gasteiger partial charge in [0.2, 0.25) is 0 Å². The van der Waals surface area contributed by atoms with Crippen LogP contribution >= 0.6 is 0 Å². The quantitative estimate of drug-likeness (QED) is 0.439. The molecule has 6 nitrogen and oxygen atoms in total. The Morgan fingerprint density at radius 1 is 1.06 bits per heavy atom. The number of para-hydroxylation sites is 1. The van der Waals surface area contributed by atoms with Crippen LogP contribution in [0.5, 0.6) is 11.5 Å². The third kappa shape index (κ3) is 4.15. The van der Waals surface area contributed by atoms with E-state index in [0.29, 0.717) is 11.7 Å². The van der Waals surface area contributed by atoms with Crippen molar-refractivity contribution in [1.29, 1.82) is 0 Å². The third-order valence-electron chi connectivity index (χ3n) is 5.91. The highest BCUT2D eigenvalue weighted by atomic mass is 16.5. The van der Waals surface area contributed by atoms with Gasteiger partial charge in [-0.05, 0) is 62.6 Å². The number of nitrogens with zero attached hydrogens (tertiary/aromatic N) is 3. The molecule has 0 saturated carbocycles. The van der Waals surface area contributed by atoms with Crippen molar-refractivity contribution < 1.29 is 4.74 Å². The van der Waals surface area contributed by atoms with Gasteiger partial charge >= 0.3 is 0 Å². The number of anilines is 1. The SMILES string of the molecule is CC(C)n1c(C#CC2CCNC2)c(-c2ccc(Oc3ccccc3)cc2)c2c(N)ncnc21. The fourth-order valence-electron chi connectivity index (χ4n) is 4.33. The fourth-order valence-corrected chi connectivity index (χ4v) is 4.33. The zero-order chi connectivity index (χ0) is 22.8. The van der Waals surface area contributed by atoms with Crippen LogP contribution in [0.3, 0.4) is 0 Å². The molecular weight excluding hydrogens is 410 g/mol. The number of nitrogens with one attached hydrogen (secondary N) is 1. The van der Waals surface area contributed by atoms with Gasteiger partial charge in [-0.15, -0.1) is 0 Å². The molecule has 6 heteroatoms. The molecule has 1 aliphatic rings. The summed E-state index contributed by atoms with van der Waals surface area (Å²) in [5, 5.41) is 4.23. The van der Waals surface area contributed by atoms with Crippen molar-refractivity contribution in [2.24, 2.45) is 5.92 Å². The summed E-state index contributed by atoms with van der Waals surface area (Å²) in [6.45, 7) is 6.22. The number of aromatic nitrogens is 3. The molecule has 1 aliphatic heterocycles. The smallest absolute Gasteiger partial charge is 0.147 e. The molecule has 33 heavy (non-hydrogen) atoms. The lowest BCUT2D eigenvalue weighted by atomic mass is 10.0. The Kier molecular flexibility index (Phi) is 5.72. The molecule has 0 amide bonds. The highest BCUT2D eigenvalue weighted by Gasteiger charge is 2.23. The number of nitrogens with two attached hydrogens (primary N) is 1. The van der Waals surface area contributed by atoms with E-state index in [-0.39, 0.29) is 6.04 Å². The first-order valence-corrected chi connectivity index (χ1v) is 11.3. The van der Waals surface area contributed by atoms with E-state index in [1.54, 1.807) is 0 Å². The number of fused-ring (bicyclic) bond motifs is 1. The van der Waals surface area contributed by atoms with Gasteiger partial charge in [0.1, 0.15) is 35.0 Å². The first-order chi connectivity index (χ1) is 16.1. The Labute approximate surface area is 193 Å². The molecule has 0 bridgehead atoms. The summed E-state index contributed by atoms with van der Waals surface area (Å²) in [6, 6.07) is 18.0. The Bertz CT molecular complexity index is 1320. The average Bonchev–Trinajstić information content (AvgIpc) is 3.45. The summed E-state index contributed by atoms with van der Waals surface area (Å²) in [7, 11) is 0. The van der Waals surface area contributed by atoms with Gasteiger partial charge in [0.05, 0.1) is 5.39 Å². The predicted octanol–water partition coefficient (Wildman–Crippen LogP) is 5.01. The second-order valence-electron chi connectivity index (χ2n) is 8.54. The Morgan fingerprint density at radius 3 is 2.52 bits per heavy atom. The second-order valence-corrected chi connectivity index (χ2v) is 8.54. The van der Waals surface area contributed by atoms with Crippen molar-refractivity contribution >= 4 is 16.9 Å². The minimum atomic E-state index is 0.169. The lowest BCUT2D eigenvalue weighted by Crippen LogP contribution is -2.08. The molecule has 1 fully saturated rings. The predicted molar refractivity (Wildman–Crippen MR) is 132 cm³/mol. The van der Waals surface area contributed by atoms with Crippen molar-refractivity contribution in [1.82, 2.24) is 19.9 Å². The maximum atomic E-state index is 6.38. The highest BCUT2D eigenvalue weighted by molar-refractivity contribution is 6.03. The maximum Gasteiger partial charge on any atom is 0.147 e. The van der Waals surface area contributed by atoms with Crippen molar-refractivity contribution in [2.45, 2.75) is 26.3 Å². The fraction of sp³-hybridized carbons (Fsp3) is 0.259. The lowest BCUT2D eigenvalue weighted by molar-refractivity contribution is 0.483. The minimum Gasteiger partial charge on any atom is -0.457 e. The molecule has 1 unspecified atom stereocenters. The van der Waals surface area contributed by atoms with Crippen LogP contribution in [0.2, 0.25) is 0 Å². The highest BCUT2D eigenvalue weighted by Crippen LogP contribution is 2.39. The van der Waals surface area contributed by atoms with Gasteiger partial charge in [-0.25, -0.2) is 9.97 Å². The molecule has 5 rings (SSSR count). The summed E-state index contributed by atoms with van der Waals surface area (Å²) < 4.78 is 8.15. The number of hydrogen-bond donors (Lipinski definition) is 2. The minimum absolute atomic E-state index is 0.169. The first kappa shape index (κ1) is 21.0. The Morgan fingerprint density at radius 2 is 1.82 bits per heavy atom. The van der Waals surface area contributed by atoms with Crippen LogP contribution in [0.1, 0.15) is 32.0 Å².